The Morgan fingerprint density at radius 1 is 1.24 bits per heavy atom. The quantitative estimate of drug-likeness (QED) is 0.398. The second-order valence-corrected chi connectivity index (χ2v) is 9.61. The Morgan fingerprint density at radius 2 is 2.03 bits per heavy atom. The minimum Gasteiger partial charge on any atom is -0.477 e. The van der Waals surface area contributed by atoms with Crippen LogP contribution in [0.2, 0.25) is 0 Å². The SMILES string of the molecule is C[C@@H](CC#CCc1ccccc1)[C@@H](O)C=C[C@H]1CCC(=O)N1CCCc1ccc(C(=O)O)s1. The summed E-state index contributed by atoms with van der Waals surface area (Å²) in [5.41, 5.74) is 1.19. The van der Waals surface area contributed by atoms with Gasteiger partial charge < -0.3 is 15.1 Å². The molecule has 1 fully saturated rings. The predicted octanol–water partition coefficient (Wildman–Crippen LogP) is 4.56. The Labute approximate surface area is 199 Å². The molecule has 1 aliphatic heterocycles. The van der Waals surface area contributed by atoms with Gasteiger partial charge in [0.15, 0.2) is 0 Å². The molecule has 0 bridgehead atoms. The van der Waals surface area contributed by atoms with Crippen LogP contribution in [0, 0.1) is 17.8 Å². The molecule has 33 heavy (non-hydrogen) atoms. The van der Waals surface area contributed by atoms with Crippen LogP contribution in [0.3, 0.4) is 0 Å². The number of aryl methyl sites for hydroxylation is 1. The van der Waals surface area contributed by atoms with Gasteiger partial charge >= 0.3 is 5.97 Å². The van der Waals surface area contributed by atoms with Crippen LogP contribution in [0.25, 0.3) is 0 Å². The summed E-state index contributed by atoms with van der Waals surface area (Å²) in [6, 6.07) is 13.6. The van der Waals surface area contributed by atoms with E-state index in [1.165, 1.54) is 16.9 Å². The summed E-state index contributed by atoms with van der Waals surface area (Å²) < 4.78 is 0. The summed E-state index contributed by atoms with van der Waals surface area (Å²) in [6.07, 6.45) is 7.30. The number of hydrogen-bond donors (Lipinski definition) is 2. The van der Waals surface area contributed by atoms with Crippen molar-refractivity contribution < 1.29 is 19.8 Å². The zero-order valence-electron chi connectivity index (χ0n) is 18.9. The first-order chi connectivity index (χ1) is 15.9. The molecule has 1 saturated heterocycles. The van der Waals surface area contributed by atoms with Crippen molar-refractivity contribution in [2.24, 2.45) is 5.92 Å². The number of carbonyl (C=O) groups is 2. The lowest BCUT2D eigenvalue weighted by atomic mass is 9.99. The smallest absolute Gasteiger partial charge is 0.345 e. The Hall–Kier alpha value is -2.88. The monoisotopic (exact) mass is 465 g/mol. The van der Waals surface area contributed by atoms with E-state index in [-0.39, 0.29) is 17.9 Å². The largest absolute Gasteiger partial charge is 0.477 e. The zero-order chi connectivity index (χ0) is 23.6. The molecule has 5 nitrogen and oxygen atoms in total. The Balaban J connectivity index is 1.44. The second kappa shape index (κ2) is 12.4. The van der Waals surface area contributed by atoms with E-state index in [0.29, 0.717) is 30.7 Å². The minimum atomic E-state index is -0.902. The van der Waals surface area contributed by atoms with E-state index in [4.69, 9.17) is 5.11 Å². The third-order valence-corrected chi connectivity index (χ3v) is 7.00. The number of carboxylic acid groups (broad SMARTS) is 1. The standard InChI is InChI=1S/C27H31NO4S/c1-20(8-5-6-11-21-9-3-2-4-10-21)24(29)16-13-22-14-18-26(30)28(22)19-7-12-23-15-17-25(33-23)27(31)32/h2-4,9-10,13,15-17,20,22,24,29H,7-8,11-12,14,18-19H2,1H3,(H,31,32)/t20-,22-,24-/m0/s1. The topological polar surface area (TPSA) is 77.8 Å². The molecule has 1 aromatic carbocycles. The maximum atomic E-state index is 12.3. The van der Waals surface area contributed by atoms with Crippen molar-refractivity contribution in [1.82, 2.24) is 4.90 Å². The average Bonchev–Trinajstić information content (AvgIpc) is 3.43. The molecule has 2 aromatic rings. The molecular weight excluding hydrogens is 434 g/mol. The van der Waals surface area contributed by atoms with Crippen molar-refractivity contribution in [2.45, 2.75) is 57.6 Å². The highest BCUT2D eigenvalue weighted by molar-refractivity contribution is 7.13. The normalized spacial score (nSPS) is 17.7. The predicted molar refractivity (Wildman–Crippen MR) is 131 cm³/mol. The summed E-state index contributed by atoms with van der Waals surface area (Å²) in [4.78, 5) is 26.6. The van der Waals surface area contributed by atoms with Crippen LogP contribution in [-0.2, 0) is 17.6 Å². The zero-order valence-corrected chi connectivity index (χ0v) is 19.8. The van der Waals surface area contributed by atoms with Crippen LogP contribution >= 0.6 is 11.3 Å². The van der Waals surface area contributed by atoms with Gasteiger partial charge in [0.05, 0.1) is 12.1 Å². The number of aromatic carboxylic acids is 1. The number of likely N-dealkylation sites (tertiary alicyclic amines) is 1. The fraction of sp³-hybridized carbons (Fsp3) is 0.407. The van der Waals surface area contributed by atoms with Crippen molar-refractivity contribution in [1.29, 1.82) is 0 Å². The first-order valence-electron chi connectivity index (χ1n) is 11.4. The number of nitrogens with zero attached hydrogens (tertiary/aromatic N) is 1. The molecule has 0 unspecified atom stereocenters. The number of carbonyl (C=O) groups excluding carboxylic acids is 1. The van der Waals surface area contributed by atoms with Crippen molar-refractivity contribution in [3.8, 4) is 11.8 Å². The number of amides is 1. The highest BCUT2D eigenvalue weighted by atomic mass is 32.1. The Morgan fingerprint density at radius 3 is 2.76 bits per heavy atom. The van der Waals surface area contributed by atoms with Crippen LogP contribution in [-0.4, -0.2) is 45.7 Å². The molecular formula is C27H31NO4S. The van der Waals surface area contributed by atoms with Crippen molar-refractivity contribution in [2.75, 3.05) is 6.54 Å². The number of benzene rings is 1. The molecule has 2 N–H and O–H groups in total. The first kappa shape index (κ1) is 24.8. The van der Waals surface area contributed by atoms with Gasteiger partial charge in [-0.25, -0.2) is 4.79 Å². The molecule has 0 aliphatic carbocycles. The van der Waals surface area contributed by atoms with Gasteiger partial charge in [-0.1, -0.05) is 55.3 Å². The van der Waals surface area contributed by atoms with E-state index in [2.05, 4.69) is 24.0 Å². The van der Waals surface area contributed by atoms with Gasteiger partial charge in [-0.3, -0.25) is 4.79 Å². The summed E-state index contributed by atoms with van der Waals surface area (Å²) in [6.45, 7) is 2.61. The highest BCUT2D eigenvalue weighted by Crippen LogP contribution is 2.23. The molecule has 2 heterocycles. The van der Waals surface area contributed by atoms with E-state index in [9.17, 15) is 14.7 Å². The average molecular weight is 466 g/mol. The summed E-state index contributed by atoms with van der Waals surface area (Å²) in [5, 5.41) is 19.6. The van der Waals surface area contributed by atoms with E-state index >= 15 is 0 Å². The second-order valence-electron chi connectivity index (χ2n) is 8.44. The molecule has 6 heteroatoms. The van der Waals surface area contributed by atoms with E-state index in [1.54, 1.807) is 12.1 Å². The number of aliphatic hydroxyl groups excluding tert-OH is 1. The van der Waals surface area contributed by atoms with Gasteiger partial charge in [0.2, 0.25) is 5.91 Å². The Bertz CT molecular complexity index is 1020. The van der Waals surface area contributed by atoms with Gasteiger partial charge in [-0.05, 0) is 42.9 Å². The van der Waals surface area contributed by atoms with Crippen LogP contribution in [0.1, 0.15) is 52.7 Å². The van der Waals surface area contributed by atoms with Gasteiger partial charge in [0, 0.05) is 30.7 Å². The number of thiophene rings is 1. The van der Waals surface area contributed by atoms with Crippen molar-refractivity contribution in [3.05, 3.63) is 69.9 Å². The highest BCUT2D eigenvalue weighted by Gasteiger charge is 2.28. The van der Waals surface area contributed by atoms with E-state index in [0.717, 1.165) is 24.1 Å². The van der Waals surface area contributed by atoms with Crippen molar-refractivity contribution >= 4 is 23.2 Å². The molecule has 0 radical (unpaired) electrons. The first-order valence-corrected chi connectivity index (χ1v) is 12.2. The molecule has 1 amide bonds. The molecule has 3 rings (SSSR count). The molecule has 3 atom stereocenters. The van der Waals surface area contributed by atoms with Crippen LogP contribution in [0.4, 0.5) is 0 Å². The molecule has 1 aromatic heterocycles. The van der Waals surface area contributed by atoms with Gasteiger partial charge in [0.1, 0.15) is 4.88 Å². The number of hydrogen-bond acceptors (Lipinski definition) is 4. The summed E-state index contributed by atoms with van der Waals surface area (Å²) in [7, 11) is 0. The van der Waals surface area contributed by atoms with Gasteiger partial charge in [-0.2, -0.15) is 0 Å². The van der Waals surface area contributed by atoms with Crippen LogP contribution < -0.4 is 0 Å². The molecule has 174 valence electrons. The van der Waals surface area contributed by atoms with Crippen LogP contribution in [0.5, 0.6) is 0 Å². The lowest BCUT2D eigenvalue weighted by molar-refractivity contribution is -0.128. The molecule has 0 saturated carbocycles. The molecule has 1 aliphatic rings. The fourth-order valence-electron chi connectivity index (χ4n) is 3.84. The number of carboxylic acids is 1. The third-order valence-electron chi connectivity index (χ3n) is 5.87. The van der Waals surface area contributed by atoms with E-state index in [1.807, 2.05) is 42.2 Å². The lowest BCUT2D eigenvalue weighted by Crippen LogP contribution is -2.33. The fourth-order valence-corrected chi connectivity index (χ4v) is 4.73. The van der Waals surface area contributed by atoms with Gasteiger partial charge in [-0.15, -0.1) is 17.3 Å². The maximum absolute atomic E-state index is 12.3. The van der Waals surface area contributed by atoms with Crippen LogP contribution in [0.15, 0.2) is 54.6 Å². The third kappa shape index (κ3) is 7.59. The number of rotatable bonds is 10. The lowest BCUT2D eigenvalue weighted by Gasteiger charge is -2.23. The summed E-state index contributed by atoms with van der Waals surface area (Å²) >= 11 is 1.29. The minimum absolute atomic E-state index is 0.00133. The van der Waals surface area contributed by atoms with Gasteiger partial charge in [0.25, 0.3) is 0 Å². The number of aliphatic hydroxyl groups is 1. The summed E-state index contributed by atoms with van der Waals surface area (Å²) in [5.74, 6) is 5.58. The molecule has 0 spiro atoms. The Kier molecular flexibility index (Phi) is 9.29. The van der Waals surface area contributed by atoms with Crippen molar-refractivity contribution in [3.63, 3.8) is 0 Å². The maximum Gasteiger partial charge on any atom is 0.345 e. The van der Waals surface area contributed by atoms with E-state index < -0.39 is 12.1 Å².